The van der Waals surface area contributed by atoms with Crippen molar-refractivity contribution in [3.05, 3.63) is 47.4 Å². The summed E-state index contributed by atoms with van der Waals surface area (Å²) in [4.78, 5) is 1.62. The van der Waals surface area contributed by atoms with E-state index in [2.05, 4.69) is 6.58 Å². The number of likely N-dealkylation sites (N-methyl/N-ethyl adjacent to an activating group) is 1. The summed E-state index contributed by atoms with van der Waals surface area (Å²) in [5.74, 6) is 0. The molecule has 94 valence electrons. The zero-order valence-corrected chi connectivity index (χ0v) is 14.2. The fourth-order valence-corrected chi connectivity index (χ4v) is 1.63. The molecular weight excluding hydrogens is 265 g/mol. The van der Waals surface area contributed by atoms with Gasteiger partial charge in [-0.15, -0.1) is 12.1 Å². The molecule has 0 N–H and O–H groups in total. The molecule has 1 rings (SSSR count). The summed E-state index contributed by atoms with van der Waals surface area (Å²) in [6.07, 6.45) is 0. The molecule has 0 heterocycles. The molecule has 0 aromatic heterocycles. The first-order valence-corrected chi connectivity index (χ1v) is 5.41. The Kier molecular flexibility index (Phi) is 8.05. The van der Waals surface area contributed by atoms with Gasteiger partial charge in [-0.3, -0.25) is 0 Å². The molecule has 0 aliphatic rings. The minimum absolute atomic E-state index is 0. The third-order valence-electron chi connectivity index (χ3n) is 2.47. The van der Waals surface area contributed by atoms with Crippen molar-refractivity contribution in [2.75, 3.05) is 13.6 Å². The molecule has 1 aromatic carbocycles. The van der Waals surface area contributed by atoms with Crippen molar-refractivity contribution in [2.24, 2.45) is 0 Å². The van der Waals surface area contributed by atoms with Crippen molar-refractivity contribution in [1.82, 2.24) is 4.90 Å². The molecule has 1 aromatic rings. The maximum atomic E-state index is 12.3. The van der Waals surface area contributed by atoms with Crippen LogP contribution >= 0.6 is 0 Å². The van der Waals surface area contributed by atoms with Gasteiger partial charge in [0.15, 0.2) is 0 Å². The van der Waals surface area contributed by atoms with E-state index < -0.39 is 12.4 Å². The minimum atomic E-state index is -4.93. The molecule has 0 saturated heterocycles. The Balaban J connectivity index is 0.00000289. The second-order valence-electron chi connectivity index (χ2n) is 4.39. The molecule has 0 radical (unpaired) electrons. The summed E-state index contributed by atoms with van der Waals surface area (Å²) in [7, 11) is 1.66. The van der Waals surface area contributed by atoms with Crippen LogP contribution in [-0.2, 0) is 6.54 Å². The maximum Gasteiger partial charge on any atom is 1.00 e. The van der Waals surface area contributed by atoms with Crippen LogP contribution in [0.4, 0.5) is 12.9 Å². The van der Waals surface area contributed by atoms with Crippen LogP contribution in [-0.4, -0.2) is 25.5 Å². The van der Waals surface area contributed by atoms with Gasteiger partial charge in [-0.2, -0.15) is 0 Å². The maximum absolute atomic E-state index is 12.3. The summed E-state index contributed by atoms with van der Waals surface area (Å²) in [6.45, 7) is 0.470. The number of hydrogen-bond acceptors (Lipinski definition) is 1. The van der Waals surface area contributed by atoms with E-state index in [1.165, 1.54) is 0 Å². The Morgan fingerprint density at radius 3 is 2.44 bits per heavy atom. The Bertz CT molecular complexity index is 407. The first-order chi connectivity index (χ1) is 7.79. The van der Waals surface area contributed by atoms with Gasteiger partial charge in [-0.05, 0) is 26.1 Å². The second kappa shape index (κ2) is 7.87. The topological polar surface area (TPSA) is 3.24 Å². The van der Waals surface area contributed by atoms with Gasteiger partial charge < -0.3 is 17.8 Å². The molecule has 1 nitrogen and oxygen atoms in total. The average molecular weight is 281 g/mol. The second-order valence-corrected chi connectivity index (χ2v) is 4.39. The largest absolute Gasteiger partial charge is 1.00 e. The first kappa shape index (κ1) is 18.4. The monoisotopic (exact) mass is 281 g/mol. The molecule has 0 amide bonds. The van der Waals surface area contributed by atoms with Gasteiger partial charge >= 0.3 is 58.4 Å². The summed E-state index contributed by atoms with van der Waals surface area (Å²) < 4.78 is 37.0. The zero-order chi connectivity index (χ0) is 13.1. The van der Waals surface area contributed by atoms with E-state index in [4.69, 9.17) is 0 Å². The Hall–Kier alpha value is 0.411. The van der Waals surface area contributed by atoms with Gasteiger partial charge in [-0.25, -0.2) is 0 Å². The fraction of sp³-hybridized carbons (Fsp3) is 0.333. The Morgan fingerprint density at radius 1 is 1.33 bits per heavy atom. The van der Waals surface area contributed by atoms with Gasteiger partial charge in [0.2, 0.25) is 0 Å². The summed E-state index contributed by atoms with van der Waals surface area (Å²) in [5.41, 5.74) is 1.46. The van der Waals surface area contributed by atoms with Crippen LogP contribution in [0.25, 0.3) is 0 Å². The molecular formula is C12H16BF3KN. The molecule has 0 atom stereocenters. The van der Waals surface area contributed by atoms with Crippen LogP contribution in [0.15, 0.2) is 36.3 Å². The van der Waals surface area contributed by atoms with Crippen LogP contribution in [0.1, 0.15) is 11.1 Å². The molecule has 0 aliphatic carbocycles. The molecule has 6 heteroatoms. The van der Waals surface area contributed by atoms with Crippen molar-refractivity contribution >= 4 is 6.98 Å². The normalized spacial score (nSPS) is 11.2. The van der Waals surface area contributed by atoms with Crippen LogP contribution in [0.2, 0.25) is 0 Å². The third kappa shape index (κ3) is 6.54. The zero-order valence-electron chi connectivity index (χ0n) is 11.1. The van der Waals surface area contributed by atoms with Crippen molar-refractivity contribution < 1.29 is 64.3 Å². The number of benzene rings is 1. The van der Waals surface area contributed by atoms with E-state index in [1.807, 2.05) is 31.2 Å². The van der Waals surface area contributed by atoms with Crippen molar-refractivity contribution in [2.45, 2.75) is 13.5 Å². The van der Waals surface area contributed by atoms with Crippen molar-refractivity contribution in [3.63, 3.8) is 0 Å². The predicted molar refractivity (Wildman–Crippen MR) is 65.7 cm³/mol. The van der Waals surface area contributed by atoms with E-state index in [9.17, 15) is 12.9 Å². The van der Waals surface area contributed by atoms with Gasteiger partial charge in [-0.1, -0.05) is 29.8 Å². The number of hydrogen-bond donors (Lipinski definition) is 0. The van der Waals surface area contributed by atoms with E-state index in [0.717, 1.165) is 11.1 Å². The smallest absolute Gasteiger partial charge is 0.445 e. The SMILES string of the molecule is C=C(CN(C)Cc1cccc(C)c1)[B-](F)(F)F.[K+]. The standard InChI is InChI=1S/C12H16BF3N.K/c1-10-5-4-6-12(7-10)9-17(3)8-11(2)13(14,15)16;/h4-7H,2,8-9H2,1,3H3;/q-1;+1. The number of nitrogens with zero attached hydrogens (tertiary/aromatic N) is 1. The van der Waals surface area contributed by atoms with Crippen LogP contribution in [0.3, 0.4) is 0 Å². The number of aryl methyl sites for hydroxylation is 1. The van der Waals surface area contributed by atoms with Gasteiger partial charge in [0.05, 0.1) is 0 Å². The summed E-state index contributed by atoms with van der Waals surface area (Å²) >= 11 is 0. The molecule has 0 bridgehead atoms. The van der Waals surface area contributed by atoms with Gasteiger partial charge in [0, 0.05) is 6.54 Å². The predicted octanol–water partition coefficient (Wildman–Crippen LogP) is 0.374. The van der Waals surface area contributed by atoms with Crippen LogP contribution < -0.4 is 51.4 Å². The van der Waals surface area contributed by atoms with Crippen LogP contribution in [0, 0.1) is 6.92 Å². The molecule has 0 aliphatic heterocycles. The van der Waals surface area contributed by atoms with Gasteiger partial charge in [0.1, 0.15) is 0 Å². The van der Waals surface area contributed by atoms with E-state index in [1.54, 1.807) is 11.9 Å². The third-order valence-corrected chi connectivity index (χ3v) is 2.47. The fourth-order valence-electron chi connectivity index (χ4n) is 1.63. The molecule has 0 unspecified atom stereocenters. The average Bonchev–Trinajstić information content (AvgIpc) is 2.15. The number of halogens is 3. The minimum Gasteiger partial charge on any atom is -0.445 e. The van der Waals surface area contributed by atoms with Crippen molar-refractivity contribution in [3.8, 4) is 0 Å². The van der Waals surface area contributed by atoms with Crippen LogP contribution in [0.5, 0.6) is 0 Å². The molecule has 18 heavy (non-hydrogen) atoms. The Labute approximate surface area is 149 Å². The molecule has 0 saturated carbocycles. The molecule has 0 fully saturated rings. The molecule has 0 spiro atoms. The van der Waals surface area contributed by atoms with Crippen molar-refractivity contribution in [1.29, 1.82) is 0 Å². The Morgan fingerprint density at radius 2 is 1.94 bits per heavy atom. The van der Waals surface area contributed by atoms with E-state index >= 15 is 0 Å². The quantitative estimate of drug-likeness (QED) is 0.705. The van der Waals surface area contributed by atoms with Gasteiger partial charge in [0.25, 0.3) is 0 Å². The first-order valence-electron chi connectivity index (χ1n) is 5.41. The van der Waals surface area contributed by atoms with E-state index in [0.29, 0.717) is 6.54 Å². The summed E-state index contributed by atoms with van der Waals surface area (Å²) in [6, 6.07) is 7.74. The van der Waals surface area contributed by atoms with E-state index in [-0.39, 0.29) is 57.9 Å². The number of rotatable bonds is 5. The summed E-state index contributed by atoms with van der Waals surface area (Å²) in [5, 5.41) is 0.